The van der Waals surface area contributed by atoms with E-state index in [0.717, 1.165) is 18.9 Å². The number of imidazole rings is 1. The molecule has 2 aromatic rings. The number of H-pyrrole nitrogens is 1. The van der Waals surface area contributed by atoms with E-state index in [-0.39, 0.29) is 11.2 Å². The molecule has 16 heteroatoms. The highest BCUT2D eigenvalue weighted by atomic mass is 16.7. The SMILES string of the molecule is CCC/C=C/C=C/C(=O)O[C@@H](C)/C=C/C/C=C/C=C/C(=O)O[C@@H]1[C@@H](O)[C@H](O)[C@H](O[C@@H]2[C@H](O)[C@H](CO)O[C@@H]2n2cnc3c(=O)[nH]cnc32)O[C@H]1C. The van der Waals surface area contributed by atoms with E-state index in [1.54, 1.807) is 43.4 Å². The monoisotopic (exact) mass is 700 g/mol. The van der Waals surface area contributed by atoms with Crippen molar-refractivity contribution < 1.29 is 53.7 Å². The van der Waals surface area contributed by atoms with E-state index in [4.69, 9.17) is 23.7 Å². The molecular weight excluding hydrogens is 656 g/mol. The number of aliphatic hydroxyl groups is 4. The molecule has 0 bridgehead atoms. The lowest BCUT2D eigenvalue weighted by Gasteiger charge is -2.41. The highest BCUT2D eigenvalue weighted by molar-refractivity contribution is 5.83. The third-order valence-corrected chi connectivity index (χ3v) is 7.85. The van der Waals surface area contributed by atoms with Gasteiger partial charge in [-0.1, -0.05) is 55.9 Å². The van der Waals surface area contributed by atoms with Crippen LogP contribution in [0.2, 0.25) is 0 Å². The Labute approximate surface area is 288 Å². The number of hydrogen-bond donors (Lipinski definition) is 5. The number of nitrogens with zero attached hydrogens (tertiary/aromatic N) is 3. The van der Waals surface area contributed by atoms with Crippen molar-refractivity contribution in [2.75, 3.05) is 6.61 Å². The molecule has 272 valence electrons. The zero-order valence-corrected chi connectivity index (χ0v) is 27.9. The molecule has 50 heavy (non-hydrogen) atoms. The molecule has 16 nitrogen and oxygen atoms in total. The van der Waals surface area contributed by atoms with Crippen LogP contribution in [0, 0.1) is 0 Å². The van der Waals surface area contributed by atoms with E-state index < -0.39 is 85.5 Å². The molecule has 2 saturated heterocycles. The van der Waals surface area contributed by atoms with Crippen LogP contribution in [0.25, 0.3) is 11.2 Å². The van der Waals surface area contributed by atoms with Crippen LogP contribution in [0.4, 0.5) is 0 Å². The average molecular weight is 701 g/mol. The van der Waals surface area contributed by atoms with Crippen molar-refractivity contribution in [3.63, 3.8) is 0 Å². The van der Waals surface area contributed by atoms with Gasteiger partial charge in [0.1, 0.15) is 36.6 Å². The third-order valence-electron chi connectivity index (χ3n) is 7.85. The summed E-state index contributed by atoms with van der Waals surface area (Å²) >= 11 is 0. The smallest absolute Gasteiger partial charge is 0.331 e. The highest BCUT2D eigenvalue weighted by Gasteiger charge is 2.51. The fourth-order valence-electron chi connectivity index (χ4n) is 5.28. The Balaban J connectivity index is 1.27. The Bertz CT molecular complexity index is 1630. The zero-order chi connectivity index (χ0) is 36.2. The van der Waals surface area contributed by atoms with Crippen LogP contribution in [0.15, 0.2) is 78.2 Å². The molecule has 0 radical (unpaired) electrons. The number of unbranched alkanes of at least 4 members (excludes halogenated alkanes) is 1. The topological polar surface area (TPSA) is 225 Å². The Hall–Kier alpha value is -4.29. The molecule has 0 aliphatic carbocycles. The third kappa shape index (κ3) is 9.91. The number of aliphatic hydroxyl groups excluding tert-OH is 4. The summed E-state index contributed by atoms with van der Waals surface area (Å²) in [6, 6.07) is 0. The molecular formula is C34H44N4O12. The standard InChI is InChI=1S/C34H44N4O12/c1-4-5-6-8-12-15-23(40)46-20(2)14-11-9-7-10-13-16-24(41)49-29-21(3)47-34(28(44)27(29)43)50-30-26(42)22(17-39)48-33(30)38-19-37-25-31(38)35-18-36-32(25)45/h6-8,10-16,18-22,26-30,33-34,39,42-44H,4-5,9,17H2,1-3H3,(H,35,36,45)/b8-6+,10-7+,14-11+,15-12+,16-13+/t20-,21-,22-,26+,27-,28-,29-,30+,33-,34-/m0/s1. The fraction of sp³-hybridized carbons (Fsp3) is 0.500. The number of rotatable bonds is 15. The van der Waals surface area contributed by atoms with Crippen molar-refractivity contribution in [1.82, 2.24) is 19.5 Å². The van der Waals surface area contributed by atoms with Crippen molar-refractivity contribution in [3.8, 4) is 0 Å². The van der Waals surface area contributed by atoms with Crippen LogP contribution in [0.1, 0.15) is 46.3 Å². The summed E-state index contributed by atoms with van der Waals surface area (Å²) in [5.41, 5.74) is -0.378. The Kier molecular flexibility index (Phi) is 14.4. The van der Waals surface area contributed by atoms with Crippen LogP contribution >= 0.6 is 0 Å². The largest absolute Gasteiger partial charge is 0.455 e. The second-order valence-electron chi connectivity index (χ2n) is 11.7. The molecule has 4 rings (SSSR count). The number of nitrogens with one attached hydrogen (secondary N) is 1. The van der Waals surface area contributed by atoms with Crippen LogP contribution in [-0.4, -0.2) is 114 Å². The summed E-state index contributed by atoms with van der Waals surface area (Å²) in [6.45, 7) is 4.74. The van der Waals surface area contributed by atoms with E-state index in [0.29, 0.717) is 6.42 Å². The number of aromatic nitrogens is 4. The zero-order valence-electron chi connectivity index (χ0n) is 27.9. The second kappa shape index (κ2) is 18.6. The van der Waals surface area contributed by atoms with E-state index in [1.165, 1.54) is 36.3 Å². The van der Waals surface area contributed by atoms with Crippen molar-refractivity contribution in [2.24, 2.45) is 0 Å². The molecule has 10 atom stereocenters. The number of allylic oxidation sites excluding steroid dienone is 7. The molecule has 0 amide bonds. The van der Waals surface area contributed by atoms with Gasteiger partial charge in [-0.2, -0.15) is 0 Å². The number of esters is 2. The first-order valence-corrected chi connectivity index (χ1v) is 16.3. The van der Waals surface area contributed by atoms with Gasteiger partial charge >= 0.3 is 11.9 Å². The molecule has 2 fully saturated rings. The lowest BCUT2D eigenvalue weighted by atomic mass is 9.99. The minimum absolute atomic E-state index is 0.00465. The van der Waals surface area contributed by atoms with Gasteiger partial charge in [-0.15, -0.1) is 0 Å². The average Bonchev–Trinajstić information content (AvgIpc) is 3.66. The normalized spacial score (nSPS) is 29.7. The lowest BCUT2D eigenvalue weighted by Crippen LogP contribution is -2.59. The minimum Gasteiger partial charge on any atom is -0.455 e. The Morgan fingerprint density at radius 3 is 2.48 bits per heavy atom. The molecule has 5 N–H and O–H groups in total. The molecule has 2 aliphatic rings. The Morgan fingerprint density at radius 1 is 1.00 bits per heavy atom. The van der Waals surface area contributed by atoms with Gasteiger partial charge in [0.05, 0.1) is 25.4 Å². The van der Waals surface area contributed by atoms with E-state index >= 15 is 0 Å². The first-order chi connectivity index (χ1) is 24.0. The molecule has 0 aromatic carbocycles. The lowest BCUT2D eigenvalue weighted by molar-refractivity contribution is -0.314. The van der Waals surface area contributed by atoms with Crippen molar-refractivity contribution >= 4 is 23.1 Å². The Morgan fingerprint density at radius 2 is 1.74 bits per heavy atom. The van der Waals surface area contributed by atoms with Crippen LogP contribution in [0.3, 0.4) is 0 Å². The second-order valence-corrected chi connectivity index (χ2v) is 11.7. The summed E-state index contributed by atoms with van der Waals surface area (Å²) < 4.78 is 29.4. The number of aromatic amines is 1. The quantitative estimate of drug-likeness (QED) is 0.0758. The van der Waals surface area contributed by atoms with Crippen LogP contribution < -0.4 is 5.56 Å². The van der Waals surface area contributed by atoms with Gasteiger partial charge in [0, 0.05) is 12.2 Å². The number of ether oxygens (including phenoxy) is 5. The molecule has 4 heterocycles. The first kappa shape index (κ1) is 38.5. The van der Waals surface area contributed by atoms with E-state index in [1.807, 2.05) is 6.08 Å². The predicted molar refractivity (Wildman–Crippen MR) is 177 cm³/mol. The summed E-state index contributed by atoms with van der Waals surface area (Å²) in [6.07, 6.45) is 8.75. The van der Waals surface area contributed by atoms with Crippen LogP contribution in [-0.2, 0) is 33.3 Å². The number of carbonyl (C=O) groups excluding carboxylic acids is 2. The summed E-state index contributed by atoms with van der Waals surface area (Å²) in [5, 5.41) is 42.4. The van der Waals surface area contributed by atoms with Gasteiger partial charge in [-0.25, -0.2) is 19.6 Å². The van der Waals surface area contributed by atoms with Crippen LogP contribution in [0.5, 0.6) is 0 Å². The number of carbonyl (C=O) groups is 2. The number of fused-ring (bicyclic) bond motifs is 1. The van der Waals surface area contributed by atoms with Gasteiger partial charge in [0.15, 0.2) is 29.8 Å². The summed E-state index contributed by atoms with van der Waals surface area (Å²) in [4.78, 5) is 47.0. The van der Waals surface area contributed by atoms with Crippen molar-refractivity contribution in [3.05, 3.63) is 83.8 Å². The molecule has 0 spiro atoms. The van der Waals surface area contributed by atoms with Gasteiger partial charge in [-0.3, -0.25) is 9.36 Å². The van der Waals surface area contributed by atoms with Crippen molar-refractivity contribution in [2.45, 2.75) is 101 Å². The maximum atomic E-state index is 12.5. The molecule has 0 unspecified atom stereocenters. The van der Waals surface area contributed by atoms with Crippen molar-refractivity contribution in [1.29, 1.82) is 0 Å². The van der Waals surface area contributed by atoms with Gasteiger partial charge in [0.2, 0.25) is 0 Å². The predicted octanol–water partition coefficient (Wildman–Crippen LogP) is 1.04. The first-order valence-electron chi connectivity index (χ1n) is 16.3. The maximum Gasteiger partial charge on any atom is 0.331 e. The van der Waals surface area contributed by atoms with Gasteiger partial charge in [0.25, 0.3) is 5.56 Å². The molecule has 2 aliphatic heterocycles. The maximum absolute atomic E-state index is 12.5. The molecule has 2 aromatic heterocycles. The highest BCUT2D eigenvalue weighted by Crippen LogP contribution is 2.36. The van der Waals surface area contributed by atoms with Gasteiger partial charge in [-0.05, 0) is 32.8 Å². The van der Waals surface area contributed by atoms with Gasteiger partial charge < -0.3 is 49.1 Å². The van der Waals surface area contributed by atoms with E-state index in [9.17, 15) is 34.8 Å². The minimum atomic E-state index is -1.72. The summed E-state index contributed by atoms with van der Waals surface area (Å²) in [5.74, 6) is -1.24. The molecule has 0 saturated carbocycles. The summed E-state index contributed by atoms with van der Waals surface area (Å²) in [7, 11) is 0. The number of hydrogen-bond acceptors (Lipinski definition) is 14. The fourth-order valence-corrected chi connectivity index (χ4v) is 5.28. The van der Waals surface area contributed by atoms with E-state index in [2.05, 4.69) is 21.9 Å².